The third-order valence-electron chi connectivity index (χ3n) is 1.99. The molecule has 0 unspecified atom stereocenters. The van der Waals surface area contributed by atoms with Crippen molar-refractivity contribution in [2.75, 3.05) is 0 Å². The molecule has 0 heterocycles. The van der Waals surface area contributed by atoms with Gasteiger partial charge in [-0.25, -0.2) is 0 Å². The maximum atomic E-state index is 5.80. The van der Waals surface area contributed by atoms with Gasteiger partial charge >= 0.3 is 0 Å². The average Bonchev–Trinajstić information content (AvgIpc) is 2.29. The van der Waals surface area contributed by atoms with Gasteiger partial charge < -0.3 is 0 Å². The predicted molar refractivity (Wildman–Crippen MR) is 72.8 cm³/mol. The summed E-state index contributed by atoms with van der Waals surface area (Å²) in [6.07, 6.45) is 5.46. The van der Waals surface area contributed by atoms with Gasteiger partial charge in [-0.3, -0.25) is 0 Å². The van der Waals surface area contributed by atoms with Gasteiger partial charge in [-0.05, 0) is 36.1 Å². The van der Waals surface area contributed by atoms with Crippen LogP contribution in [0.2, 0.25) is 5.02 Å². The normalized spacial score (nSPS) is 9.87. The molecule has 1 rings (SSSR count). The zero-order valence-electron chi connectivity index (χ0n) is 8.29. The van der Waals surface area contributed by atoms with Crippen molar-refractivity contribution >= 4 is 30.9 Å². The quantitative estimate of drug-likeness (QED) is 0.544. The fourth-order valence-electron chi connectivity index (χ4n) is 1.11. The SMILES string of the molecule is C#CS(=C=C)(=C=C)Cc1ccc(Cl)cc1. The molecular formula is C13H11ClS. The molecule has 76 valence electrons. The van der Waals surface area contributed by atoms with E-state index in [2.05, 4.69) is 28.5 Å². The predicted octanol–water partition coefficient (Wildman–Crippen LogP) is 3.41. The van der Waals surface area contributed by atoms with E-state index in [0.717, 1.165) is 5.56 Å². The van der Waals surface area contributed by atoms with Gasteiger partial charge in [0.25, 0.3) is 0 Å². The highest BCUT2D eigenvalue weighted by Gasteiger charge is 1.99. The minimum absolute atomic E-state index is 0.674. The molecule has 0 atom stereocenters. The van der Waals surface area contributed by atoms with Crippen molar-refractivity contribution in [1.82, 2.24) is 0 Å². The zero-order valence-corrected chi connectivity index (χ0v) is 9.87. The minimum atomic E-state index is -1.61. The molecule has 0 aromatic heterocycles. The molecule has 0 spiro atoms. The Labute approximate surface area is 96.4 Å². The Balaban J connectivity index is 3.19. The van der Waals surface area contributed by atoms with Gasteiger partial charge in [0.1, 0.15) is 0 Å². The van der Waals surface area contributed by atoms with E-state index in [1.165, 1.54) is 0 Å². The summed E-state index contributed by atoms with van der Waals surface area (Å²) < 4.78 is 0. The number of benzene rings is 1. The highest BCUT2D eigenvalue weighted by Crippen LogP contribution is 2.25. The Hall–Kier alpha value is -1.28. The summed E-state index contributed by atoms with van der Waals surface area (Å²) >= 11 is 5.80. The van der Waals surface area contributed by atoms with Crippen LogP contribution in [0.5, 0.6) is 0 Å². The van der Waals surface area contributed by atoms with Gasteiger partial charge in [0, 0.05) is 10.8 Å². The minimum Gasteiger partial charge on any atom is -0.108 e. The standard InChI is InChI=1S/C13H11ClS/c1-4-15(5-2,6-3)11-12-7-9-13(14)10-8-12/h1,7-10H,2-3,11H2. The molecule has 0 fully saturated rings. The molecule has 0 radical (unpaired) electrons. The molecular weight excluding hydrogens is 224 g/mol. The lowest BCUT2D eigenvalue weighted by Crippen LogP contribution is -1.85. The Morgan fingerprint density at radius 2 is 1.73 bits per heavy atom. The third-order valence-corrected chi connectivity index (χ3v) is 4.40. The molecule has 0 aliphatic carbocycles. The lowest BCUT2D eigenvalue weighted by molar-refractivity contribution is 1.42. The van der Waals surface area contributed by atoms with E-state index in [1.54, 1.807) is 0 Å². The van der Waals surface area contributed by atoms with E-state index in [-0.39, 0.29) is 0 Å². The van der Waals surface area contributed by atoms with E-state index in [9.17, 15) is 0 Å². The molecule has 2 heteroatoms. The van der Waals surface area contributed by atoms with Gasteiger partial charge in [-0.2, -0.15) is 0 Å². The molecule has 0 bridgehead atoms. The van der Waals surface area contributed by atoms with E-state index >= 15 is 0 Å². The summed E-state index contributed by atoms with van der Waals surface area (Å²) in [5.41, 5.74) is 1.10. The molecule has 0 saturated heterocycles. The third kappa shape index (κ3) is 2.83. The molecule has 1 aromatic carbocycles. The number of halogens is 1. The van der Waals surface area contributed by atoms with Gasteiger partial charge in [0.2, 0.25) is 0 Å². The summed E-state index contributed by atoms with van der Waals surface area (Å²) in [6.45, 7) is 7.26. The fourth-order valence-corrected chi connectivity index (χ4v) is 2.48. The summed E-state index contributed by atoms with van der Waals surface area (Å²) in [5.74, 6) is 0.674. The molecule has 0 saturated carbocycles. The molecule has 0 N–H and O–H groups in total. The first-order valence-electron chi connectivity index (χ1n) is 4.26. The first-order valence-corrected chi connectivity index (χ1v) is 6.44. The number of rotatable bonds is 2. The average molecular weight is 235 g/mol. The highest BCUT2D eigenvalue weighted by molar-refractivity contribution is 8.31. The second kappa shape index (κ2) is 4.99. The van der Waals surface area contributed by atoms with E-state index in [1.807, 2.05) is 24.3 Å². The van der Waals surface area contributed by atoms with Gasteiger partial charge in [0.15, 0.2) is 0 Å². The molecule has 0 aliphatic heterocycles. The summed E-state index contributed by atoms with van der Waals surface area (Å²) in [5, 5.41) is 9.13. The Kier molecular flexibility index (Phi) is 3.92. The molecule has 0 amide bonds. The maximum Gasteiger partial charge on any atom is 0.0406 e. The lowest BCUT2D eigenvalue weighted by Gasteiger charge is -2.05. The van der Waals surface area contributed by atoms with Gasteiger partial charge in [-0.15, -0.1) is 6.42 Å². The van der Waals surface area contributed by atoms with Crippen LogP contribution in [0, 0.1) is 11.7 Å². The summed E-state index contributed by atoms with van der Waals surface area (Å²) in [7, 11) is -1.61. The van der Waals surface area contributed by atoms with Crippen LogP contribution in [0.25, 0.3) is 0 Å². The van der Waals surface area contributed by atoms with Crippen LogP contribution in [-0.2, 0) is 5.75 Å². The molecule has 1 aromatic rings. The van der Waals surface area contributed by atoms with Crippen LogP contribution in [0.1, 0.15) is 5.56 Å². The summed E-state index contributed by atoms with van der Waals surface area (Å²) in [6, 6.07) is 7.56. The zero-order chi connectivity index (χ0) is 11.3. The number of terminal acetylenes is 1. The van der Waals surface area contributed by atoms with Crippen LogP contribution in [0.3, 0.4) is 0 Å². The Bertz CT molecular complexity index is 534. The smallest absolute Gasteiger partial charge is 0.0406 e. The second-order valence-electron chi connectivity index (χ2n) is 2.92. The highest BCUT2D eigenvalue weighted by atomic mass is 35.5. The van der Waals surface area contributed by atoms with Crippen LogP contribution < -0.4 is 0 Å². The van der Waals surface area contributed by atoms with Gasteiger partial charge in [0.05, 0.1) is 0 Å². The van der Waals surface area contributed by atoms with Crippen molar-refractivity contribution in [3.05, 3.63) is 48.0 Å². The summed E-state index contributed by atoms with van der Waals surface area (Å²) in [4.78, 5) is 0. The first kappa shape index (κ1) is 11.8. The first-order chi connectivity index (χ1) is 7.15. The van der Waals surface area contributed by atoms with E-state index in [4.69, 9.17) is 18.0 Å². The molecule has 15 heavy (non-hydrogen) atoms. The van der Waals surface area contributed by atoms with Crippen LogP contribution >= 0.6 is 20.8 Å². The molecule has 0 nitrogen and oxygen atoms in total. The maximum absolute atomic E-state index is 5.80. The van der Waals surface area contributed by atoms with Crippen molar-refractivity contribution in [2.45, 2.75) is 5.75 Å². The van der Waals surface area contributed by atoms with Crippen LogP contribution in [0.4, 0.5) is 0 Å². The van der Waals surface area contributed by atoms with E-state index in [0.29, 0.717) is 10.8 Å². The van der Waals surface area contributed by atoms with Gasteiger partial charge in [-0.1, -0.05) is 43.0 Å². The van der Waals surface area contributed by atoms with Crippen molar-refractivity contribution in [3.8, 4) is 11.7 Å². The van der Waals surface area contributed by atoms with Crippen LogP contribution in [-0.4, -0.2) is 10.0 Å². The molecule has 0 aliphatic rings. The van der Waals surface area contributed by atoms with Crippen molar-refractivity contribution in [1.29, 1.82) is 0 Å². The van der Waals surface area contributed by atoms with E-state index < -0.39 is 9.21 Å². The van der Waals surface area contributed by atoms with Crippen molar-refractivity contribution < 1.29 is 0 Å². The Morgan fingerprint density at radius 3 is 2.13 bits per heavy atom. The van der Waals surface area contributed by atoms with Crippen molar-refractivity contribution in [3.63, 3.8) is 0 Å². The number of hydrogen-bond acceptors (Lipinski definition) is 0. The Morgan fingerprint density at radius 1 is 1.20 bits per heavy atom. The topological polar surface area (TPSA) is 0 Å². The van der Waals surface area contributed by atoms with Crippen LogP contribution in [0.15, 0.2) is 37.4 Å². The fraction of sp³-hybridized carbons (Fsp3) is 0.0769. The number of hydrogen-bond donors (Lipinski definition) is 0. The largest absolute Gasteiger partial charge is 0.108 e. The second-order valence-corrected chi connectivity index (χ2v) is 5.93. The lowest BCUT2D eigenvalue weighted by atomic mass is 10.2. The monoisotopic (exact) mass is 234 g/mol. The van der Waals surface area contributed by atoms with Crippen molar-refractivity contribution in [2.24, 2.45) is 0 Å².